The molecular weight excluding hydrogens is 404 g/mol. The molecule has 1 amide bonds. The van der Waals surface area contributed by atoms with Gasteiger partial charge >= 0.3 is 12.1 Å². The van der Waals surface area contributed by atoms with E-state index in [1.807, 2.05) is 69.3 Å². The molecule has 0 aliphatic carbocycles. The fourth-order valence-electron chi connectivity index (χ4n) is 3.75. The van der Waals surface area contributed by atoms with E-state index in [0.29, 0.717) is 12.1 Å². The van der Waals surface area contributed by atoms with E-state index in [2.05, 4.69) is 17.3 Å². The number of esters is 1. The van der Waals surface area contributed by atoms with Gasteiger partial charge in [-0.2, -0.15) is 0 Å². The molecule has 1 aliphatic rings. The molecular formula is C26H34N2O4. The van der Waals surface area contributed by atoms with E-state index in [0.717, 1.165) is 42.6 Å². The fraction of sp³-hybridized carbons (Fsp3) is 0.462. The largest absolute Gasteiger partial charge is 0.460 e. The first kappa shape index (κ1) is 23.8. The Morgan fingerprint density at radius 2 is 1.75 bits per heavy atom. The van der Waals surface area contributed by atoms with Crippen molar-refractivity contribution in [2.24, 2.45) is 0 Å². The molecule has 1 saturated heterocycles. The summed E-state index contributed by atoms with van der Waals surface area (Å²) in [6, 6.07) is 15.8. The van der Waals surface area contributed by atoms with Crippen LogP contribution in [0.1, 0.15) is 45.6 Å². The molecule has 1 aliphatic heterocycles. The van der Waals surface area contributed by atoms with Gasteiger partial charge < -0.3 is 14.4 Å². The van der Waals surface area contributed by atoms with Crippen molar-refractivity contribution in [3.05, 3.63) is 54.1 Å². The van der Waals surface area contributed by atoms with Crippen molar-refractivity contribution in [1.29, 1.82) is 0 Å². The molecule has 2 aromatic rings. The number of carbonyl (C=O) groups excluding carboxylic acids is 2. The van der Waals surface area contributed by atoms with Crippen molar-refractivity contribution < 1.29 is 19.1 Å². The lowest BCUT2D eigenvalue weighted by Gasteiger charge is -2.28. The average molecular weight is 439 g/mol. The smallest absolute Gasteiger partial charge is 0.411 e. The minimum atomic E-state index is -0.501. The van der Waals surface area contributed by atoms with Crippen LogP contribution < -0.4 is 5.32 Å². The van der Waals surface area contributed by atoms with Gasteiger partial charge in [0.2, 0.25) is 0 Å². The summed E-state index contributed by atoms with van der Waals surface area (Å²) in [6.07, 6.45) is 1.98. The average Bonchev–Trinajstić information content (AvgIpc) is 2.73. The number of nitrogens with one attached hydrogen (secondary N) is 1. The second kappa shape index (κ2) is 10.6. The Balaban J connectivity index is 1.72. The molecule has 172 valence electrons. The summed E-state index contributed by atoms with van der Waals surface area (Å²) in [6.45, 7) is 7.42. The lowest BCUT2D eigenvalue weighted by molar-refractivity contribution is -0.154. The Morgan fingerprint density at radius 1 is 1.06 bits per heavy atom. The van der Waals surface area contributed by atoms with Crippen molar-refractivity contribution in [3.63, 3.8) is 0 Å². The number of carbonyl (C=O) groups is 2. The highest BCUT2D eigenvalue weighted by Gasteiger charge is 2.21. The van der Waals surface area contributed by atoms with E-state index in [4.69, 9.17) is 9.47 Å². The van der Waals surface area contributed by atoms with Gasteiger partial charge in [-0.15, -0.1) is 0 Å². The normalized spacial score (nSPS) is 15.2. The van der Waals surface area contributed by atoms with Crippen molar-refractivity contribution >= 4 is 17.7 Å². The number of rotatable bonds is 6. The summed E-state index contributed by atoms with van der Waals surface area (Å²) < 4.78 is 11.1. The fourth-order valence-corrected chi connectivity index (χ4v) is 3.75. The summed E-state index contributed by atoms with van der Waals surface area (Å²) >= 11 is 0. The molecule has 3 rings (SSSR count). The maximum absolute atomic E-state index is 12.7. The number of piperidine rings is 1. The first-order valence-electron chi connectivity index (χ1n) is 11.3. The molecule has 0 radical (unpaired) electrons. The van der Waals surface area contributed by atoms with Gasteiger partial charge in [-0.05, 0) is 64.3 Å². The molecule has 0 unspecified atom stereocenters. The number of amides is 1. The number of aryl methyl sites for hydroxylation is 1. The number of hydrogen-bond donors (Lipinski definition) is 1. The summed E-state index contributed by atoms with van der Waals surface area (Å²) in [7, 11) is 2.07. The van der Waals surface area contributed by atoms with E-state index in [-0.39, 0.29) is 18.5 Å². The molecule has 1 fully saturated rings. The summed E-state index contributed by atoms with van der Waals surface area (Å²) in [5.74, 6) is -0.235. The Labute approximate surface area is 190 Å². The highest BCUT2D eigenvalue weighted by molar-refractivity contribution is 5.91. The van der Waals surface area contributed by atoms with Crippen LogP contribution in [0.4, 0.5) is 10.5 Å². The SMILES string of the molecule is CN1CCC(OC(=O)Nc2cc(CCC(=O)OC(C)(C)C)ccc2-c2ccccc2)CC1. The molecule has 0 aromatic heterocycles. The lowest BCUT2D eigenvalue weighted by atomic mass is 9.99. The van der Waals surface area contributed by atoms with Crippen LogP contribution in [-0.4, -0.2) is 48.8 Å². The van der Waals surface area contributed by atoms with Gasteiger partial charge in [-0.1, -0.05) is 42.5 Å². The highest BCUT2D eigenvalue weighted by atomic mass is 16.6. The third-order valence-electron chi connectivity index (χ3n) is 5.38. The molecule has 6 nitrogen and oxygen atoms in total. The topological polar surface area (TPSA) is 67.9 Å². The van der Waals surface area contributed by atoms with Crippen LogP contribution in [0.3, 0.4) is 0 Å². The highest BCUT2D eigenvalue weighted by Crippen LogP contribution is 2.30. The van der Waals surface area contributed by atoms with E-state index in [1.165, 1.54) is 0 Å². The quantitative estimate of drug-likeness (QED) is 0.622. The molecule has 6 heteroatoms. The van der Waals surface area contributed by atoms with Gasteiger partial charge in [-0.3, -0.25) is 10.1 Å². The minimum Gasteiger partial charge on any atom is -0.460 e. The van der Waals surface area contributed by atoms with Crippen molar-refractivity contribution in [2.45, 2.75) is 58.2 Å². The van der Waals surface area contributed by atoms with Gasteiger partial charge in [-0.25, -0.2) is 4.79 Å². The zero-order valence-corrected chi connectivity index (χ0v) is 19.5. The molecule has 1 heterocycles. The van der Waals surface area contributed by atoms with E-state index < -0.39 is 11.7 Å². The van der Waals surface area contributed by atoms with Crippen LogP contribution in [0.15, 0.2) is 48.5 Å². The third kappa shape index (κ3) is 7.38. The summed E-state index contributed by atoms with van der Waals surface area (Å²) in [5.41, 5.74) is 3.03. The van der Waals surface area contributed by atoms with Gasteiger partial charge in [0.05, 0.1) is 5.69 Å². The number of ether oxygens (including phenoxy) is 2. The Bertz CT molecular complexity index is 913. The zero-order valence-electron chi connectivity index (χ0n) is 19.5. The Kier molecular flexibility index (Phi) is 7.91. The van der Waals surface area contributed by atoms with Gasteiger partial charge in [0.25, 0.3) is 0 Å². The summed E-state index contributed by atoms with van der Waals surface area (Å²) in [4.78, 5) is 27.0. The molecule has 0 bridgehead atoms. The molecule has 1 N–H and O–H groups in total. The van der Waals surface area contributed by atoms with E-state index >= 15 is 0 Å². The first-order chi connectivity index (χ1) is 15.2. The van der Waals surface area contributed by atoms with Crippen molar-refractivity contribution in [3.8, 4) is 11.1 Å². The molecule has 32 heavy (non-hydrogen) atoms. The Hall–Kier alpha value is -2.86. The minimum absolute atomic E-state index is 0.0678. The third-order valence-corrected chi connectivity index (χ3v) is 5.38. The predicted octanol–water partition coefficient (Wildman–Crippen LogP) is 5.27. The second-order valence-electron chi connectivity index (χ2n) is 9.37. The number of hydrogen-bond acceptors (Lipinski definition) is 5. The molecule has 0 atom stereocenters. The standard InChI is InChI=1S/C26H34N2O4/c1-26(2,3)32-24(29)13-11-19-10-12-22(20-8-6-5-7-9-20)23(18-19)27-25(30)31-21-14-16-28(4)17-15-21/h5-10,12,18,21H,11,13-17H2,1-4H3,(H,27,30). The van der Waals surface area contributed by atoms with Crippen LogP contribution in [0.25, 0.3) is 11.1 Å². The predicted molar refractivity (Wildman–Crippen MR) is 127 cm³/mol. The lowest BCUT2D eigenvalue weighted by Crippen LogP contribution is -2.36. The number of nitrogens with zero attached hydrogens (tertiary/aromatic N) is 1. The number of likely N-dealkylation sites (tertiary alicyclic amines) is 1. The number of benzene rings is 2. The molecule has 2 aromatic carbocycles. The van der Waals surface area contributed by atoms with Crippen LogP contribution in [-0.2, 0) is 20.7 Å². The first-order valence-corrected chi connectivity index (χ1v) is 11.3. The van der Waals surface area contributed by atoms with Gasteiger partial charge in [0, 0.05) is 25.1 Å². The van der Waals surface area contributed by atoms with Crippen LogP contribution in [0.2, 0.25) is 0 Å². The van der Waals surface area contributed by atoms with Crippen LogP contribution in [0.5, 0.6) is 0 Å². The monoisotopic (exact) mass is 438 g/mol. The van der Waals surface area contributed by atoms with Crippen LogP contribution in [0, 0.1) is 0 Å². The maximum Gasteiger partial charge on any atom is 0.411 e. The van der Waals surface area contributed by atoms with E-state index in [9.17, 15) is 9.59 Å². The van der Waals surface area contributed by atoms with Gasteiger partial charge in [0.1, 0.15) is 11.7 Å². The van der Waals surface area contributed by atoms with Gasteiger partial charge in [0.15, 0.2) is 0 Å². The van der Waals surface area contributed by atoms with Crippen molar-refractivity contribution in [2.75, 3.05) is 25.5 Å². The van der Waals surface area contributed by atoms with E-state index in [1.54, 1.807) is 0 Å². The zero-order chi connectivity index (χ0) is 23.1. The summed E-state index contributed by atoms with van der Waals surface area (Å²) in [5, 5.41) is 2.94. The Morgan fingerprint density at radius 3 is 2.41 bits per heavy atom. The number of anilines is 1. The maximum atomic E-state index is 12.7. The molecule has 0 spiro atoms. The van der Waals surface area contributed by atoms with Crippen LogP contribution >= 0.6 is 0 Å². The second-order valence-corrected chi connectivity index (χ2v) is 9.37. The molecule has 0 saturated carbocycles. The van der Waals surface area contributed by atoms with Crippen molar-refractivity contribution in [1.82, 2.24) is 4.90 Å².